The highest BCUT2D eigenvalue weighted by Crippen LogP contribution is 2.20. The molecular formula is C16H24N2O2. The molecule has 2 rings (SSSR count). The van der Waals surface area contributed by atoms with Crippen LogP contribution < -0.4 is 5.73 Å². The molecule has 0 spiro atoms. The van der Waals surface area contributed by atoms with Crippen molar-refractivity contribution in [3.8, 4) is 0 Å². The van der Waals surface area contributed by atoms with Crippen molar-refractivity contribution >= 4 is 5.97 Å². The van der Waals surface area contributed by atoms with E-state index in [1.165, 1.54) is 5.56 Å². The van der Waals surface area contributed by atoms with Crippen LogP contribution in [0.4, 0.5) is 0 Å². The Labute approximate surface area is 120 Å². The van der Waals surface area contributed by atoms with Crippen LogP contribution in [0.2, 0.25) is 0 Å². The van der Waals surface area contributed by atoms with Crippen LogP contribution >= 0.6 is 0 Å². The molecule has 1 atom stereocenters. The molecule has 1 unspecified atom stereocenters. The third kappa shape index (κ3) is 4.05. The molecule has 0 radical (unpaired) electrons. The fraction of sp³-hybridized carbons (Fsp3) is 0.562. The number of carbonyl (C=O) groups is 1. The van der Waals surface area contributed by atoms with E-state index < -0.39 is 0 Å². The molecule has 0 amide bonds. The van der Waals surface area contributed by atoms with E-state index in [4.69, 9.17) is 10.5 Å². The lowest BCUT2D eigenvalue weighted by Crippen LogP contribution is -2.38. The van der Waals surface area contributed by atoms with Gasteiger partial charge in [-0.1, -0.05) is 24.3 Å². The second-order valence-corrected chi connectivity index (χ2v) is 5.35. The van der Waals surface area contributed by atoms with Gasteiger partial charge in [-0.2, -0.15) is 0 Å². The number of rotatable bonds is 5. The Morgan fingerprint density at radius 1 is 1.35 bits per heavy atom. The van der Waals surface area contributed by atoms with Gasteiger partial charge in [-0.15, -0.1) is 0 Å². The van der Waals surface area contributed by atoms with E-state index in [9.17, 15) is 4.79 Å². The van der Waals surface area contributed by atoms with Crippen LogP contribution in [0.1, 0.15) is 30.9 Å². The minimum Gasteiger partial charge on any atom is -0.466 e. The summed E-state index contributed by atoms with van der Waals surface area (Å²) >= 11 is 0. The third-order valence-corrected chi connectivity index (χ3v) is 3.79. The first-order valence-corrected chi connectivity index (χ1v) is 7.39. The van der Waals surface area contributed by atoms with Crippen LogP contribution in [0.25, 0.3) is 0 Å². The minimum absolute atomic E-state index is 0.0343. The van der Waals surface area contributed by atoms with E-state index in [0.29, 0.717) is 13.2 Å². The van der Waals surface area contributed by atoms with E-state index in [-0.39, 0.29) is 11.9 Å². The van der Waals surface area contributed by atoms with Crippen molar-refractivity contribution in [1.29, 1.82) is 0 Å². The summed E-state index contributed by atoms with van der Waals surface area (Å²) in [7, 11) is 0. The molecular weight excluding hydrogens is 252 g/mol. The van der Waals surface area contributed by atoms with Crippen LogP contribution in [-0.2, 0) is 22.6 Å². The van der Waals surface area contributed by atoms with Gasteiger partial charge in [0.1, 0.15) is 0 Å². The van der Waals surface area contributed by atoms with E-state index >= 15 is 0 Å². The zero-order valence-corrected chi connectivity index (χ0v) is 12.2. The van der Waals surface area contributed by atoms with Crippen LogP contribution in [0.5, 0.6) is 0 Å². The van der Waals surface area contributed by atoms with Gasteiger partial charge in [0.2, 0.25) is 0 Å². The van der Waals surface area contributed by atoms with Gasteiger partial charge in [0.05, 0.1) is 12.5 Å². The number of carbonyl (C=O) groups excluding carboxylic acids is 1. The summed E-state index contributed by atoms with van der Waals surface area (Å²) in [6.45, 7) is 5.65. The van der Waals surface area contributed by atoms with Gasteiger partial charge in [-0.3, -0.25) is 9.69 Å². The second-order valence-electron chi connectivity index (χ2n) is 5.35. The molecule has 0 aliphatic carbocycles. The first-order valence-electron chi connectivity index (χ1n) is 7.39. The predicted molar refractivity (Wildman–Crippen MR) is 79.0 cm³/mol. The maximum atomic E-state index is 11.8. The molecule has 2 N–H and O–H groups in total. The standard InChI is InChI=1S/C16H24N2O2/c1-2-20-16(19)15-4-3-9-18(12-15)11-14-7-5-13(10-17)6-8-14/h5-8,15H,2-4,9-12,17H2,1H3. The maximum absolute atomic E-state index is 11.8. The van der Waals surface area contributed by atoms with Crippen LogP contribution in [0.15, 0.2) is 24.3 Å². The molecule has 4 nitrogen and oxygen atoms in total. The Morgan fingerprint density at radius 2 is 2.05 bits per heavy atom. The maximum Gasteiger partial charge on any atom is 0.310 e. The number of nitrogens with zero attached hydrogens (tertiary/aromatic N) is 1. The molecule has 1 aromatic rings. The largest absolute Gasteiger partial charge is 0.466 e. The van der Waals surface area contributed by atoms with Crippen molar-refractivity contribution in [2.45, 2.75) is 32.9 Å². The first-order chi connectivity index (χ1) is 9.72. The van der Waals surface area contributed by atoms with Gasteiger partial charge in [0, 0.05) is 19.6 Å². The number of hydrogen-bond acceptors (Lipinski definition) is 4. The number of likely N-dealkylation sites (tertiary alicyclic amines) is 1. The lowest BCUT2D eigenvalue weighted by atomic mass is 9.97. The molecule has 0 saturated carbocycles. The number of hydrogen-bond donors (Lipinski definition) is 1. The molecule has 1 saturated heterocycles. The van der Waals surface area contributed by atoms with Gasteiger partial charge in [0.25, 0.3) is 0 Å². The number of benzene rings is 1. The Hall–Kier alpha value is -1.39. The van der Waals surface area contributed by atoms with Crippen LogP contribution in [0, 0.1) is 5.92 Å². The summed E-state index contributed by atoms with van der Waals surface area (Å²) < 4.78 is 5.13. The molecule has 110 valence electrons. The molecule has 4 heteroatoms. The van der Waals surface area contributed by atoms with Crippen molar-refractivity contribution in [2.24, 2.45) is 11.7 Å². The Morgan fingerprint density at radius 3 is 2.70 bits per heavy atom. The molecule has 1 aliphatic rings. The number of piperidine rings is 1. The number of nitrogens with two attached hydrogens (primary N) is 1. The first kappa shape index (κ1) is 15.0. The third-order valence-electron chi connectivity index (χ3n) is 3.79. The fourth-order valence-electron chi connectivity index (χ4n) is 2.69. The van der Waals surface area contributed by atoms with Crippen molar-refractivity contribution in [3.63, 3.8) is 0 Å². The van der Waals surface area contributed by atoms with Crippen molar-refractivity contribution in [3.05, 3.63) is 35.4 Å². The lowest BCUT2D eigenvalue weighted by molar-refractivity contribution is -0.150. The topological polar surface area (TPSA) is 55.6 Å². The zero-order valence-electron chi connectivity index (χ0n) is 12.2. The van der Waals surface area contributed by atoms with Crippen molar-refractivity contribution < 1.29 is 9.53 Å². The highest BCUT2D eigenvalue weighted by atomic mass is 16.5. The molecule has 1 heterocycles. The number of ether oxygens (including phenoxy) is 1. The monoisotopic (exact) mass is 276 g/mol. The summed E-state index contributed by atoms with van der Waals surface area (Å²) in [5.41, 5.74) is 8.02. The highest BCUT2D eigenvalue weighted by molar-refractivity contribution is 5.72. The average Bonchev–Trinajstić information content (AvgIpc) is 2.48. The quantitative estimate of drug-likeness (QED) is 0.835. The zero-order chi connectivity index (χ0) is 14.4. The summed E-state index contributed by atoms with van der Waals surface area (Å²) in [6.07, 6.45) is 2.01. The van der Waals surface area contributed by atoms with Gasteiger partial charge in [-0.25, -0.2) is 0 Å². The summed E-state index contributed by atoms with van der Waals surface area (Å²) in [5, 5.41) is 0. The SMILES string of the molecule is CCOC(=O)C1CCCN(Cc2ccc(CN)cc2)C1. The van der Waals surface area contributed by atoms with Crippen LogP contribution in [0.3, 0.4) is 0 Å². The average molecular weight is 276 g/mol. The highest BCUT2D eigenvalue weighted by Gasteiger charge is 2.26. The van der Waals surface area contributed by atoms with Crippen LogP contribution in [-0.4, -0.2) is 30.6 Å². The molecule has 20 heavy (non-hydrogen) atoms. The number of esters is 1. The summed E-state index contributed by atoms with van der Waals surface area (Å²) in [4.78, 5) is 14.2. The van der Waals surface area contributed by atoms with Crippen molar-refractivity contribution in [2.75, 3.05) is 19.7 Å². The van der Waals surface area contributed by atoms with Gasteiger partial charge in [0.15, 0.2) is 0 Å². The van der Waals surface area contributed by atoms with E-state index in [1.807, 2.05) is 6.92 Å². The Balaban J connectivity index is 1.90. The minimum atomic E-state index is -0.0457. The molecule has 1 aliphatic heterocycles. The molecule has 1 aromatic carbocycles. The van der Waals surface area contributed by atoms with Gasteiger partial charge in [-0.05, 0) is 37.4 Å². The normalized spacial score (nSPS) is 19.8. The van der Waals surface area contributed by atoms with E-state index in [2.05, 4.69) is 29.2 Å². The smallest absolute Gasteiger partial charge is 0.310 e. The van der Waals surface area contributed by atoms with Gasteiger partial charge >= 0.3 is 5.97 Å². The second kappa shape index (κ2) is 7.41. The Kier molecular flexibility index (Phi) is 5.56. The lowest BCUT2D eigenvalue weighted by Gasteiger charge is -2.31. The molecule has 1 fully saturated rings. The van der Waals surface area contributed by atoms with Crippen molar-refractivity contribution in [1.82, 2.24) is 4.90 Å². The van der Waals surface area contributed by atoms with Gasteiger partial charge < -0.3 is 10.5 Å². The summed E-state index contributed by atoms with van der Waals surface area (Å²) in [5.74, 6) is -0.0114. The van der Waals surface area contributed by atoms with E-state index in [1.54, 1.807) is 0 Å². The molecule has 0 aromatic heterocycles. The predicted octanol–water partition coefficient (Wildman–Crippen LogP) is 1.92. The van der Waals surface area contributed by atoms with E-state index in [0.717, 1.165) is 38.0 Å². The summed E-state index contributed by atoms with van der Waals surface area (Å²) in [6, 6.07) is 8.39. The Bertz CT molecular complexity index is 431. The molecule has 0 bridgehead atoms. The fourth-order valence-corrected chi connectivity index (χ4v) is 2.69.